The van der Waals surface area contributed by atoms with Crippen molar-refractivity contribution in [2.45, 2.75) is 26.1 Å². The number of hydrogen-bond acceptors (Lipinski definition) is 3. The van der Waals surface area contributed by atoms with Crippen LogP contribution in [-0.2, 0) is 13.1 Å². The van der Waals surface area contributed by atoms with E-state index in [9.17, 15) is 18.4 Å². The fourth-order valence-electron chi connectivity index (χ4n) is 3.69. The Morgan fingerprint density at radius 2 is 1.69 bits per heavy atom. The van der Waals surface area contributed by atoms with Crippen molar-refractivity contribution in [2.75, 3.05) is 12.4 Å². The van der Waals surface area contributed by atoms with Crippen molar-refractivity contribution >= 4 is 21.5 Å². The maximum atomic E-state index is 14.3. The lowest BCUT2D eigenvalue weighted by Crippen LogP contribution is -2.45. The molecule has 0 unspecified atom stereocenters. The molecule has 0 aliphatic carbocycles. The van der Waals surface area contributed by atoms with Crippen LogP contribution in [0.2, 0.25) is 0 Å². The lowest BCUT2D eigenvalue weighted by molar-refractivity contribution is 0.454. The second-order valence-electron chi connectivity index (χ2n) is 7.43. The Kier molecular flexibility index (Phi) is 7.58. The van der Waals surface area contributed by atoms with E-state index in [1.165, 1.54) is 10.6 Å². The van der Waals surface area contributed by atoms with Gasteiger partial charge < -0.3 is 5.32 Å². The molecule has 1 N–H and O–H groups in total. The Labute approximate surface area is 193 Å². The highest BCUT2D eigenvalue weighted by atomic mass is 79.9. The smallest absolute Gasteiger partial charge is 0.312 e. The van der Waals surface area contributed by atoms with E-state index in [2.05, 4.69) is 27.8 Å². The van der Waals surface area contributed by atoms with Gasteiger partial charge in [-0.15, -0.1) is 0 Å². The van der Waals surface area contributed by atoms with Crippen molar-refractivity contribution in [3.63, 3.8) is 0 Å². The largest absolute Gasteiger partial charge is 0.331 e. The van der Waals surface area contributed by atoms with Crippen LogP contribution in [0.4, 0.5) is 8.78 Å². The first-order valence-corrected chi connectivity index (χ1v) is 11.2. The Hall–Kier alpha value is -2.84. The third kappa shape index (κ3) is 4.66. The molecular weight excluding hydrogens is 480 g/mol. The maximum Gasteiger partial charge on any atom is 0.331 e. The van der Waals surface area contributed by atoms with Gasteiger partial charge in [0.25, 0.3) is 5.56 Å². The van der Waals surface area contributed by atoms with E-state index < -0.39 is 22.9 Å². The lowest BCUT2D eigenvalue weighted by Gasteiger charge is -2.22. The SMILES string of the molecule is C=C(CBr)c1c(C)n(Cc2c(F)cccc2F)c(=O)n(C[C@H](NC)c2ccccc2)c1=O. The van der Waals surface area contributed by atoms with Gasteiger partial charge in [-0.05, 0) is 37.2 Å². The summed E-state index contributed by atoms with van der Waals surface area (Å²) >= 11 is 3.31. The molecule has 0 spiro atoms. The number of rotatable bonds is 8. The Balaban J connectivity index is 2.21. The molecule has 32 heavy (non-hydrogen) atoms. The monoisotopic (exact) mass is 503 g/mol. The molecule has 0 fully saturated rings. The molecule has 5 nitrogen and oxygen atoms in total. The Bertz CT molecular complexity index is 1230. The van der Waals surface area contributed by atoms with Gasteiger partial charge in [0.1, 0.15) is 11.6 Å². The van der Waals surface area contributed by atoms with Crippen molar-refractivity contribution in [2.24, 2.45) is 0 Å². The van der Waals surface area contributed by atoms with Crippen molar-refractivity contribution in [1.82, 2.24) is 14.5 Å². The fourth-order valence-corrected chi connectivity index (χ4v) is 3.97. The molecule has 1 heterocycles. The molecule has 0 amide bonds. The first kappa shape index (κ1) is 23.8. The van der Waals surface area contributed by atoms with Gasteiger partial charge in [-0.3, -0.25) is 13.9 Å². The van der Waals surface area contributed by atoms with Gasteiger partial charge in [0.15, 0.2) is 0 Å². The van der Waals surface area contributed by atoms with E-state index in [4.69, 9.17) is 0 Å². The summed E-state index contributed by atoms with van der Waals surface area (Å²) in [7, 11) is 1.74. The number of aromatic nitrogens is 2. The van der Waals surface area contributed by atoms with E-state index in [1.807, 2.05) is 30.3 Å². The summed E-state index contributed by atoms with van der Waals surface area (Å²) in [6.45, 7) is 5.22. The minimum Gasteiger partial charge on any atom is -0.312 e. The summed E-state index contributed by atoms with van der Waals surface area (Å²) in [5, 5.41) is 3.44. The third-order valence-electron chi connectivity index (χ3n) is 5.50. The van der Waals surface area contributed by atoms with Gasteiger partial charge in [0.05, 0.1) is 24.7 Å². The average Bonchev–Trinajstić information content (AvgIpc) is 2.79. The molecule has 0 aliphatic rings. The maximum absolute atomic E-state index is 14.3. The summed E-state index contributed by atoms with van der Waals surface area (Å²) in [4.78, 5) is 26.7. The van der Waals surface area contributed by atoms with Gasteiger partial charge in [-0.1, -0.05) is 58.9 Å². The number of benzene rings is 2. The fraction of sp³-hybridized carbons (Fsp3) is 0.250. The summed E-state index contributed by atoms with van der Waals surface area (Å²) in [6, 6.07) is 12.6. The van der Waals surface area contributed by atoms with Gasteiger partial charge in [0, 0.05) is 16.6 Å². The molecule has 168 valence electrons. The zero-order chi connectivity index (χ0) is 23.4. The number of halogens is 3. The molecule has 0 saturated carbocycles. The minimum atomic E-state index is -0.757. The van der Waals surface area contributed by atoms with Crippen molar-refractivity contribution in [1.29, 1.82) is 0 Å². The predicted octanol–water partition coefficient (Wildman–Crippen LogP) is 4.01. The molecule has 8 heteroatoms. The zero-order valence-electron chi connectivity index (χ0n) is 17.9. The summed E-state index contributed by atoms with van der Waals surface area (Å²) < 4.78 is 31.0. The van der Waals surface area contributed by atoms with E-state index in [1.54, 1.807) is 14.0 Å². The Morgan fingerprint density at radius 3 is 2.25 bits per heavy atom. The van der Waals surface area contributed by atoms with Crippen LogP contribution < -0.4 is 16.6 Å². The van der Waals surface area contributed by atoms with Gasteiger partial charge in [0.2, 0.25) is 0 Å². The van der Waals surface area contributed by atoms with E-state index in [-0.39, 0.29) is 30.3 Å². The van der Waals surface area contributed by atoms with Crippen molar-refractivity contribution in [3.8, 4) is 0 Å². The molecule has 0 saturated heterocycles. The van der Waals surface area contributed by atoms with E-state index >= 15 is 0 Å². The number of alkyl halides is 1. The molecular formula is C24H24BrF2N3O2. The van der Waals surface area contributed by atoms with Crippen molar-refractivity contribution < 1.29 is 8.78 Å². The van der Waals surface area contributed by atoms with Crippen LogP contribution in [0.3, 0.4) is 0 Å². The van der Waals surface area contributed by atoms with Crippen LogP contribution in [0.1, 0.15) is 28.4 Å². The zero-order valence-corrected chi connectivity index (χ0v) is 19.5. The Morgan fingerprint density at radius 1 is 1.06 bits per heavy atom. The van der Waals surface area contributed by atoms with Crippen LogP contribution in [0.15, 0.2) is 64.7 Å². The molecule has 1 atom stereocenters. The van der Waals surface area contributed by atoms with Gasteiger partial charge in [-0.25, -0.2) is 13.6 Å². The highest BCUT2D eigenvalue weighted by Gasteiger charge is 2.22. The van der Waals surface area contributed by atoms with Crippen LogP contribution in [-0.4, -0.2) is 21.5 Å². The first-order valence-electron chi connectivity index (χ1n) is 10.0. The van der Waals surface area contributed by atoms with E-state index in [0.29, 0.717) is 16.6 Å². The van der Waals surface area contributed by atoms with Crippen LogP contribution in [0, 0.1) is 18.6 Å². The highest BCUT2D eigenvalue weighted by molar-refractivity contribution is 9.09. The summed E-state index contributed by atoms with van der Waals surface area (Å²) in [6.07, 6.45) is 0. The standard InChI is InChI=1S/C24H24BrF2N3O2/c1-15(12-25)22-16(2)29(13-18-19(26)10-7-11-20(18)27)24(32)30(23(22)31)14-21(28-3)17-8-5-4-6-9-17/h4-11,21,28H,1,12-14H2,2-3H3/t21-/m0/s1. The summed E-state index contributed by atoms with van der Waals surface area (Å²) in [5.41, 5.74) is 0.562. The van der Waals surface area contributed by atoms with Gasteiger partial charge >= 0.3 is 5.69 Å². The topological polar surface area (TPSA) is 56.0 Å². The minimum absolute atomic E-state index is 0.0424. The van der Waals surface area contributed by atoms with Crippen LogP contribution in [0.5, 0.6) is 0 Å². The van der Waals surface area contributed by atoms with Gasteiger partial charge in [-0.2, -0.15) is 0 Å². The second kappa shape index (κ2) is 10.2. The molecule has 2 aromatic carbocycles. The lowest BCUT2D eigenvalue weighted by atomic mass is 10.1. The van der Waals surface area contributed by atoms with Crippen molar-refractivity contribution in [3.05, 3.63) is 110 Å². The predicted molar refractivity (Wildman–Crippen MR) is 126 cm³/mol. The normalized spacial score (nSPS) is 12.0. The third-order valence-corrected chi connectivity index (χ3v) is 6.17. The molecule has 0 radical (unpaired) electrons. The number of allylic oxidation sites excluding steroid dienone is 1. The highest BCUT2D eigenvalue weighted by Crippen LogP contribution is 2.19. The quantitative estimate of drug-likeness (QED) is 0.472. The van der Waals surface area contributed by atoms with Crippen LogP contribution >= 0.6 is 15.9 Å². The molecule has 3 rings (SSSR count). The molecule has 1 aromatic heterocycles. The van der Waals surface area contributed by atoms with E-state index in [0.717, 1.165) is 22.3 Å². The number of nitrogens with one attached hydrogen (secondary N) is 1. The molecule has 3 aromatic rings. The number of hydrogen-bond donors (Lipinski definition) is 1. The average molecular weight is 504 g/mol. The second-order valence-corrected chi connectivity index (χ2v) is 7.99. The molecule has 0 bridgehead atoms. The van der Waals surface area contributed by atoms with Crippen LogP contribution in [0.25, 0.3) is 5.57 Å². The molecule has 0 aliphatic heterocycles. The number of likely N-dealkylation sites (N-methyl/N-ethyl adjacent to an activating group) is 1. The first-order chi connectivity index (χ1) is 15.3. The number of nitrogens with zero attached hydrogens (tertiary/aromatic N) is 2. The summed E-state index contributed by atoms with van der Waals surface area (Å²) in [5.74, 6) is -1.51.